The van der Waals surface area contributed by atoms with Gasteiger partial charge in [-0.2, -0.15) is 5.10 Å². The van der Waals surface area contributed by atoms with Crippen molar-refractivity contribution in [1.82, 2.24) is 9.78 Å². The van der Waals surface area contributed by atoms with Gasteiger partial charge in [-0.05, 0) is 29.8 Å². The van der Waals surface area contributed by atoms with Gasteiger partial charge >= 0.3 is 5.97 Å². The molecular weight excluding hydrogens is 236 g/mol. The van der Waals surface area contributed by atoms with Crippen LogP contribution in [0, 0.1) is 0 Å². The molecule has 0 aromatic carbocycles. The maximum Gasteiger partial charge on any atom is 0.357 e. The summed E-state index contributed by atoms with van der Waals surface area (Å²) < 4.78 is 7.15. The van der Waals surface area contributed by atoms with E-state index in [2.05, 4.69) is 21.0 Å². The number of hydrogen-bond donors (Lipinski definition) is 0. The van der Waals surface area contributed by atoms with Gasteiger partial charge in [-0.25, -0.2) is 4.79 Å². The molecule has 0 spiro atoms. The smallest absolute Gasteiger partial charge is 0.357 e. The van der Waals surface area contributed by atoms with Crippen LogP contribution in [0.4, 0.5) is 0 Å². The van der Waals surface area contributed by atoms with Crippen molar-refractivity contribution in [2.75, 3.05) is 6.61 Å². The number of halogens is 1. The molecule has 13 heavy (non-hydrogen) atoms. The number of esters is 1. The highest BCUT2D eigenvalue weighted by Gasteiger charge is 2.16. The minimum atomic E-state index is -0.339. The normalized spacial score (nSPS) is 10.1. The largest absolute Gasteiger partial charge is 0.461 e. The van der Waals surface area contributed by atoms with Crippen LogP contribution in [0.3, 0.4) is 0 Å². The molecule has 0 N–H and O–H groups in total. The minimum absolute atomic E-state index is 0.339. The van der Waals surface area contributed by atoms with Gasteiger partial charge < -0.3 is 4.74 Å². The maximum absolute atomic E-state index is 11.4. The number of ether oxygens (including phenoxy) is 1. The Hall–Kier alpha value is -0.840. The summed E-state index contributed by atoms with van der Waals surface area (Å²) in [4.78, 5) is 11.4. The number of aryl methyl sites for hydroxylation is 1. The van der Waals surface area contributed by atoms with Crippen molar-refractivity contribution in [1.29, 1.82) is 0 Å². The first kappa shape index (κ1) is 10.2. The molecule has 5 heteroatoms. The summed E-state index contributed by atoms with van der Waals surface area (Å²) in [6, 6.07) is 0. The molecule has 0 saturated heterocycles. The molecule has 0 amide bonds. The number of hydrogen-bond acceptors (Lipinski definition) is 3. The number of aromatic nitrogens is 2. The van der Waals surface area contributed by atoms with Crippen LogP contribution in [0.25, 0.3) is 0 Å². The predicted molar refractivity (Wildman–Crippen MR) is 51.6 cm³/mol. The molecule has 1 rings (SSSR count). The quantitative estimate of drug-likeness (QED) is 0.765. The molecule has 0 fully saturated rings. The molecule has 0 radical (unpaired) electrons. The number of rotatable bonds is 3. The standard InChI is InChI=1S/C8H11BrN2O2/c1-3-11-7(6(9)5-10-11)8(12)13-4-2/h5H,3-4H2,1-2H3. The van der Waals surface area contributed by atoms with Crippen molar-refractivity contribution in [3.8, 4) is 0 Å². The fourth-order valence-electron chi connectivity index (χ4n) is 1.00. The number of carbonyl (C=O) groups excluding carboxylic acids is 1. The molecular formula is C8H11BrN2O2. The molecule has 4 nitrogen and oxygen atoms in total. The highest BCUT2D eigenvalue weighted by molar-refractivity contribution is 9.10. The van der Waals surface area contributed by atoms with E-state index < -0.39 is 0 Å². The monoisotopic (exact) mass is 246 g/mol. The SMILES string of the molecule is CCOC(=O)c1c(Br)cnn1CC. The summed E-state index contributed by atoms with van der Waals surface area (Å²) in [6.07, 6.45) is 1.59. The van der Waals surface area contributed by atoms with Gasteiger partial charge in [0.25, 0.3) is 0 Å². The van der Waals surface area contributed by atoms with Gasteiger partial charge in [0, 0.05) is 6.54 Å². The lowest BCUT2D eigenvalue weighted by molar-refractivity contribution is 0.0511. The zero-order valence-corrected chi connectivity index (χ0v) is 9.17. The van der Waals surface area contributed by atoms with E-state index in [0.717, 1.165) is 0 Å². The molecule has 0 saturated carbocycles. The third-order valence-electron chi connectivity index (χ3n) is 1.56. The Morgan fingerprint density at radius 2 is 2.38 bits per heavy atom. The van der Waals surface area contributed by atoms with Gasteiger partial charge in [-0.15, -0.1) is 0 Å². The van der Waals surface area contributed by atoms with Crippen molar-refractivity contribution >= 4 is 21.9 Å². The van der Waals surface area contributed by atoms with E-state index in [4.69, 9.17) is 4.74 Å². The summed E-state index contributed by atoms with van der Waals surface area (Å²) in [6.45, 7) is 4.72. The third-order valence-corrected chi connectivity index (χ3v) is 2.14. The maximum atomic E-state index is 11.4. The molecule has 0 aliphatic rings. The fourth-order valence-corrected chi connectivity index (χ4v) is 1.46. The molecule has 0 unspecified atom stereocenters. The second-order valence-corrected chi connectivity index (χ2v) is 3.23. The Balaban J connectivity index is 2.96. The Morgan fingerprint density at radius 1 is 1.69 bits per heavy atom. The summed E-state index contributed by atoms with van der Waals surface area (Å²) in [7, 11) is 0. The Morgan fingerprint density at radius 3 is 2.92 bits per heavy atom. The first-order chi connectivity index (χ1) is 6.20. The van der Waals surface area contributed by atoms with Crippen LogP contribution >= 0.6 is 15.9 Å². The van der Waals surface area contributed by atoms with E-state index in [1.165, 1.54) is 0 Å². The minimum Gasteiger partial charge on any atom is -0.461 e. The highest BCUT2D eigenvalue weighted by atomic mass is 79.9. The number of nitrogens with zero attached hydrogens (tertiary/aromatic N) is 2. The van der Waals surface area contributed by atoms with Gasteiger partial charge in [0.2, 0.25) is 0 Å². The van der Waals surface area contributed by atoms with E-state index in [1.807, 2.05) is 6.92 Å². The summed E-state index contributed by atoms with van der Waals surface area (Å²) in [5, 5.41) is 4.01. The third kappa shape index (κ3) is 2.09. The molecule has 0 aliphatic heterocycles. The van der Waals surface area contributed by atoms with Gasteiger partial charge in [0.1, 0.15) is 0 Å². The topological polar surface area (TPSA) is 44.1 Å². The Kier molecular flexibility index (Phi) is 3.48. The van der Waals surface area contributed by atoms with E-state index in [-0.39, 0.29) is 5.97 Å². The zero-order valence-electron chi connectivity index (χ0n) is 7.58. The Labute approximate surface area is 85.0 Å². The summed E-state index contributed by atoms with van der Waals surface area (Å²) >= 11 is 3.24. The van der Waals surface area contributed by atoms with Crippen LogP contribution in [0.15, 0.2) is 10.7 Å². The molecule has 1 heterocycles. The van der Waals surface area contributed by atoms with Crippen LogP contribution in [-0.2, 0) is 11.3 Å². The van der Waals surface area contributed by atoms with E-state index in [9.17, 15) is 4.79 Å². The lowest BCUT2D eigenvalue weighted by Crippen LogP contribution is -2.12. The zero-order chi connectivity index (χ0) is 9.84. The van der Waals surface area contributed by atoms with Crippen LogP contribution in [0.5, 0.6) is 0 Å². The van der Waals surface area contributed by atoms with Gasteiger partial charge in [-0.3, -0.25) is 4.68 Å². The molecule has 0 aliphatic carbocycles. The van der Waals surface area contributed by atoms with E-state index >= 15 is 0 Å². The van der Waals surface area contributed by atoms with Crippen molar-refractivity contribution in [3.63, 3.8) is 0 Å². The molecule has 1 aromatic heterocycles. The van der Waals surface area contributed by atoms with Crippen LogP contribution in [-0.4, -0.2) is 22.4 Å². The van der Waals surface area contributed by atoms with Crippen molar-refractivity contribution in [3.05, 3.63) is 16.4 Å². The van der Waals surface area contributed by atoms with Crippen LogP contribution in [0.1, 0.15) is 24.3 Å². The first-order valence-corrected chi connectivity index (χ1v) is 4.88. The Bertz CT molecular complexity index is 309. The van der Waals surface area contributed by atoms with E-state index in [1.54, 1.807) is 17.8 Å². The van der Waals surface area contributed by atoms with Gasteiger partial charge in [0.15, 0.2) is 5.69 Å². The number of carbonyl (C=O) groups is 1. The predicted octanol–water partition coefficient (Wildman–Crippen LogP) is 1.84. The van der Waals surface area contributed by atoms with Crippen LogP contribution < -0.4 is 0 Å². The summed E-state index contributed by atoms with van der Waals surface area (Å²) in [5.41, 5.74) is 0.476. The van der Waals surface area contributed by atoms with Crippen molar-refractivity contribution in [2.45, 2.75) is 20.4 Å². The average Bonchev–Trinajstić information content (AvgIpc) is 2.47. The lowest BCUT2D eigenvalue weighted by atomic mass is 10.4. The second-order valence-electron chi connectivity index (χ2n) is 2.38. The molecule has 72 valence electrons. The second kappa shape index (κ2) is 4.41. The van der Waals surface area contributed by atoms with Gasteiger partial charge in [0.05, 0.1) is 17.3 Å². The fraction of sp³-hybridized carbons (Fsp3) is 0.500. The van der Waals surface area contributed by atoms with Crippen molar-refractivity contribution < 1.29 is 9.53 Å². The average molecular weight is 247 g/mol. The first-order valence-electron chi connectivity index (χ1n) is 4.09. The van der Waals surface area contributed by atoms with Gasteiger partial charge in [-0.1, -0.05) is 0 Å². The molecule has 0 atom stereocenters. The molecule has 1 aromatic rings. The van der Waals surface area contributed by atoms with Crippen LogP contribution in [0.2, 0.25) is 0 Å². The van der Waals surface area contributed by atoms with E-state index in [0.29, 0.717) is 23.3 Å². The highest BCUT2D eigenvalue weighted by Crippen LogP contribution is 2.16. The van der Waals surface area contributed by atoms with Crippen molar-refractivity contribution in [2.24, 2.45) is 0 Å². The lowest BCUT2D eigenvalue weighted by Gasteiger charge is -2.04. The molecule has 0 bridgehead atoms. The summed E-state index contributed by atoms with van der Waals surface area (Å²) in [5.74, 6) is -0.339.